The van der Waals surface area contributed by atoms with Gasteiger partial charge in [-0.1, -0.05) is 0 Å². The third-order valence-electron chi connectivity index (χ3n) is 2.92. The van der Waals surface area contributed by atoms with E-state index >= 15 is 0 Å². The van der Waals surface area contributed by atoms with E-state index < -0.39 is 0 Å². The van der Waals surface area contributed by atoms with Crippen LogP contribution in [-0.4, -0.2) is 31.2 Å². The minimum atomic E-state index is 0.579. The van der Waals surface area contributed by atoms with Gasteiger partial charge in [-0.25, -0.2) is 0 Å². The number of allylic oxidation sites excluding steroid dienone is 1. The van der Waals surface area contributed by atoms with Crippen LogP contribution in [0, 0.1) is 0 Å². The minimum Gasteiger partial charge on any atom is -0.375 e. The molecule has 0 aromatic rings. The lowest BCUT2D eigenvalue weighted by atomic mass is 10.2. The third-order valence-corrected chi connectivity index (χ3v) is 2.92. The van der Waals surface area contributed by atoms with Gasteiger partial charge in [0.15, 0.2) is 0 Å². The number of rotatable bonds is 1. The Balaban J connectivity index is 2.11. The van der Waals surface area contributed by atoms with E-state index in [0.717, 1.165) is 0 Å². The van der Waals surface area contributed by atoms with Crippen molar-refractivity contribution in [3.8, 4) is 0 Å². The standard InChI is InChI=1S/C10H19N3/c1-11-9-5-2-3-6-10-12-7-4-8-13(9)10/h5,10-12H,2-4,6-8H2,1H3. The highest BCUT2D eigenvalue weighted by Gasteiger charge is 2.24. The highest BCUT2D eigenvalue weighted by atomic mass is 15.3. The molecule has 2 rings (SSSR count). The van der Waals surface area contributed by atoms with Crippen molar-refractivity contribution >= 4 is 0 Å². The first-order valence-electron chi connectivity index (χ1n) is 5.30. The maximum atomic E-state index is 3.57. The fourth-order valence-electron chi connectivity index (χ4n) is 2.24. The average Bonchev–Trinajstić information content (AvgIpc) is 2.39. The zero-order valence-corrected chi connectivity index (χ0v) is 8.34. The van der Waals surface area contributed by atoms with E-state index in [9.17, 15) is 0 Å². The molecule has 74 valence electrons. The Labute approximate surface area is 80.2 Å². The van der Waals surface area contributed by atoms with Crippen molar-refractivity contribution in [2.24, 2.45) is 0 Å². The molecule has 0 aromatic heterocycles. The summed E-state index contributed by atoms with van der Waals surface area (Å²) in [6.07, 6.45) is 7.96. The van der Waals surface area contributed by atoms with Crippen molar-refractivity contribution in [2.75, 3.05) is 20.1 Å². The van der Waals surface area contributed by atoms with Crippen molar-refractivity contribution in [1.29, 1.82) is 0 Å². The summed E-state index contributed by atoms with van der Waals surface area (Å²) >= 11 is 0. The summed E-state index contributed by atoms with van der Waals surface area (Å²) < 4.78 is 0. The molecule has 0 bridgehead atoms. The van der Waals surface area contributed by atoms with Gasteiger partial charge < -0.3 is 10.2 Å². The largest absolute Gasteiger partial charge is 0.375 e. The zero-order valence-electron chi connectivity index (χ0n) is 8.34. The van der Waals surface area contributed by atoms with Gasteiger partial charge in [-0.15, -0.1) is 0 Å². The van der Waals surface area contributed by atoms with Crippen LogP contribution in [0.1, 0.15) is 25.7 Å². The Morgan fingerprint density at radius 3 is 3.31 bits per heavy atom. The van der Waals surface area contributed by atoms with Gasteiger partial charge in [0.05, 0.1) is 12.0 Å². The summed E-state index contributed by atoms with van der Waals surface area (Å²) in [6.45, 7) is 2.38. The molecular weight excluding hydrogens is 162 g/mol. The Hall–Kier alpha value is -0.700. The molecule has 0 amide bonds. The van der Waals surface area contributed by atoms with Gasteiger partial charge in [-0.2, -0.15) is 0 Å². The lowest BCUT2D eigenvalue weighted by Crippen LogP contribution is -2.51. The average molecular weight is 181 g/mol. The summed E-state index contributed by atoms with van der Waals surface area (Å²) in [6, 6.07) is 0. The smallest absolute Gasteiger partial charge is 0.0981 e. The van der Waals surface area contributed by atoms with Crippen LogP contribution < -0.4 is 10.6 Å². The Morgan fingerprint density at radius 2 is 2.46 bits per heavy atom. The van der Waals surface area contributed by atoms with Crippen LogP contribution in [0.25, 0.3) is 0 Å². The van der Waals surface area contributed by atoms with Crippen molar-refractivity contribution in [2.45, 2.75) is 31.8 Å². The predicted octanol–water partition coefficient (Wildman–Crippen LogP) is 0.853. The molecule has 0 radical (unpaired) electrons. The number of nitrogens with one attached hydrogen (secondary N) is 2. The molecule has 1 fully saturated rings. The van der Waals surface area contributed by atoms with Crippen molar-refractivity contribution in [3.63, 3.8) is 0 Å². The van der Waals surface area contributed by atoms with Gasteiger partial charge in [0.1, 0.15) is 0 Å². The Bertz CT molecular complexity index is 200. The Morgan fingerprint density at radius 1 is 1.54 bits per heavy atom. The number of hydrogen-bond donors (Lipinski definition) is 2. The van der Waals surface area contributed by atoms with E-state index in [4.69, 9.17) is 0 Å². The summed E-state index contributed by atoms with van der Waals surface area (Å²) in [4.78, 5) is 2.47. The van der Waals surface area contributed by atoms with Gasteiger partial charge in [0.2, 0.25) is 0 Å². The van der Waals surface area contributed by atoms with Crippen LogP contribution in [0.4, 0.5) is 0 Å². The van der Waals surface area contributed by atoms with Crippen LogP contribution in [0.15, 0.2) is 11.9 Å². The maximum Gasteiger partial charge on any atom is 0.0981 e. The zero-order chi connectivity index (χ0) is 9.10. The molecule has 2 N–H and O–H groups in total. The van der Waals surface area contributed by atoms with Crippen molar-refractivity contribution < 1.29 is 0 Å². The van der Waals surface area contributed by atoms with Gasteiger partial charge in [0, 0.05) is 13.6 Å². The van der Waals surface area contributed by atoms with Gasteiger partial charge in [-0.3, -0.25) is 5.32 Å². The van der Waals surface area contributed by atoms with Gasteiger partial charge >= 0.3 is 0 Å². The normalized spacial score (nSPS) is 28.8. The van der Waals surface area contributed by atoms with Gasteiger partial charge in [0.25, 0.3) is 0 Å². The summed E-state index contributed by atoms with van der Waals surface area (Å²) in [5.41, 5.74) is 0. The van der Waals surface area contributed by atoms with E-state index in [2.05, 4.69) is 21.6 Å². The molecule has 0 aliphatic carbocycles. The van der Waals surface area contributed by atoms with Gasteiger partial charge in [-0.05, 0) is 38.3 Å². The monoisotopic (exact) mass is 181 g/mol. The van der Waals surface area contributed by atoms with Crippen molar-refractivity contribution in [3.05, 3.63) is 11.9 Å². The number of nitrogens with zero attached hydrogens (tertiary/aromatic N) is 1. The van der Waals surface area contributed by atoms with Crippen LogP contribution >= 0.6 is 0 Å². The molecule has 0 spiro atoms. The minimum absolute atomic E-state index is 0.579. The lowest BCUT2D eigenvalue weighted by Gasteiger charge is -2.38. The molecule has 3 nitrogen and oxygen atoms in total. The number of fused-ring (bicyclic) bond motifs is 1. The summed E-state index contributed by atoms with van der Waals surface area (Å²) in [5.74, 6) is 1.31. The van der Waals surface area contributed by atoms with E-state index in [1.807, 2.05) is 7.05 Å². The number of hydrogen-bond acceptors (Lipinski definition) is 3. The SMILES string of the molecule is CNC1=CCCCC2NCCCN12. The summed E-state index contributed by atoms with van der Waals surface area (Å²) in [5, 5.41) is 6.86. The molecule has 1 atom stereocenters. The van der Waals surface area contributed by atoms with Crippen LogP contribution in [0.3, 0.4) is 0 Å². The first kappa shape index (κ1) is 8.88. The van der Waals surface area contributed by atoms with E-state index in [1.54, 1.807) is 0 Å². The molecule has 2 aliphatic rings. The second-order valence-corrected chi connectivity index (χ2v) is 3.79. The molecule has 3 heteroatoms. The van der Waals surface area contributed by atoms with Crippen LogP contribution in [0.5, 0.6) is 0 Å². The van der Waals surface area contributed by atoms with Crippen LogP contribution in [0.2, 0.25) is 0 Å². The van der Waals surface area contributed by atoms with Crippen LogP contribution in [-0.2, 0) is 0 Å². The first-order chi connectivity index (χ1) is 6.42. The molecule has 1 unspecified atom stereocenters. The fourth-order valence-corrected chi connectivity index (χ4v) is 2.24. The van der Waals surface area contributed by atoms with Crippen molar-refractivity contribution in [1.82, 2.24) is 15.5 Å². The third kappa shape index (κ3) is 1.80. The molecule has 0 aromatic carbocycles. The topological polar surface area (TPSA) is 27.3 Å². The quantitative estimate of drug-likeness (QED) is 0.628. The lowest BCUT2D eigenvalue weighted by molar-refractivity contribution is 0.159. The highest BCUT2D eigenvalue weighted by molar-refractivity contribution is 5.03. The molecule has 13 heavy (non-hydrogen) atoms. The second-order valence-electron chi connectivity index (χ2n) is 3.79. The summed E-state index contributed by atoms with van der Waals surface area (Å²) in [7, 11) is 2.02. The van der Waals surface area contributed by atoms with E-state index in [1.165, 1.54) is 44.6 Å². The highest BCUT2D eigenvalue weighted by Crippen LogP contribution is 2.19. The molecule has 2 aliphatic heterocycles. The molecule has 0 saturated carbocycles. The molecule has 1 saturated heterocycles. The maximum absolute atomic E-state index is 3.57. The Kier molecular flexibility index (Phi) is 2.74. The van der Waals surface area contributed by atoms with E-state index in [0.29, 0.717) is 6.17 Å². The second kappa shape index (κ2) is 4.01. The molecule has 2 heterocycles. The predicted molar refractivity (Wildman–Crippen MR) is 54.1 cm³/mol. The molecular formula is C10H19N3. The first-order valence-corrected chi connectivity index (χ1v) is 5.30. The van der Waals surface area contributed by atoms with E-state index in [-0.39, 0.29) is 0 Å². The fraction of sp³-hybridized carbons (Fsp3) is 0.800.